The van der Waals surface area contributed by atoms with E-state index in [1.807, 2.05) is 24.3 Å². The Morgan fingerprint density at radius 1 is 1.17 bits per heavy atom. The van der Waals surface area contributed by atoms with Crippen molar-refractivity contribution in [2.45, 2.75) is 19.3 Å². The monoisotopic (exact) mass is 323 g/mol. The van der Waals surface area contributed by atoms with Gasteiger partial charge in [-0.05, 0) is 47.9 Å². The van der Waals surface area contributed by atoms with Crippen molar-refractivity contribution in [3.63, 3.8) is 0 Å². The maximum Gasteiger partial charge on any atom is 0.0406 e. The molecule has 0 radical (unpaired) electrons. The molecule has 18 heavy (non-hydrogen) atoms. The number of halogens is 2. The molecule has 0 amide bonds. The molecule has 0 fully saturated rings. The van der Waals surface area contributed by atoms with Gasteiger partial charge >= 0.3 is 0 Å². The Bertz CT molecular complexity index is 537. The number of benzene rings is 2. The Morgan fingerprint density at radius 3 is 2.44 bits per heavy atom. The van der Waals surface area contributed by atoms with Crippen molar-refractivity contribution in [2.24, 2.45) is 0 Å². The molecule has 0 aliphatic rings. The van der Waals surface area contributed by atoms with E-state index in [1.54, 1.807) is 0 Å². The summed E-state index contributed by atoms with van der Waals surface area (Å²) in [5.74, 6) is 0.305. The van der Waals surface area contributed by atoms with E-state index in [1.165, 1.54) is 5.56 Å². The summed E-state index contributed by atoms with van der Waals surface area (Å²) in [6.07, 6.45) is 1.00. The van der Waals surface area contributed by atoms with Crippen molar-refractivity contribution in [3.8, 4) is 0 Å². The van der Waals surface area contributed by atoms with Crippen LogP contribution in [0, 0.1) is 0 Å². The van der Waals surface area contributed by atoms with Crippen LogP contribution in [0.5, 0.6) is 0 Å². The summed E-state index contributed by atoms with van der Waals surface area (Å²) in [4.78, 5) is 0. The Labute approximate surface area is 121 Å². The van der Waals surface area contributed by atoms with Crippen LogP contribution in [-0.4, -0.2) is 0 Å². The molecule has 2 aromatic carbocycles. The van der Waals surface area contributed by atoms with Gasteiger partial charge in [-0.2, -0.15) is 0 Å². The van der Waals surface area contributed by atoms with Crippen LogP contribution in [0.25, 0.3) is 0 Å². The second kappa shape index (κ2) is 5.77. The molecule has 2 N–H and O–H groups in total. The van der Waals surface area contributed by atoms with Crippen molar-refractivity contribution in [1.29, 1.82) is 0 Å². The maximum absolute atomic E-state index is 6.09. The van der Waals surface area contributed by atoms with Crippen molar-refractivity contribution < 1.29 is 0 Å². The predicted octanol–water partition coefficient (Wildman–Crippen LogP) is 5.23. The summed E-state index contributed by atoms with van der Waals surface area (Å²) >= 11 is 9.43. The second-order valence-corrected chi connectivity index (χ2v) is 5.64. The molecular formula is C15H15BrClN. The maximum atomic E-state index is 6.09. The van der Waals surface area contributed by atoms with Crippen LogP contribution >= 0.6 is 27.5 Å². The molecule has 0 aromatic heterocycles. The molecular weight excluding hydrogens is 310 g/mol. The van der Waals surface area contributed by atoms with Crippen LogP contribution < -0.4 is 5.73 Å². The second-order valence-electron chi connectivity index (χ2n) is 4.29. The Balaban J connectivity index is 2.44. The molecule has 1 nitrogen and oxygen atoms in total. The number of nitrogens with two attached hydrogens (primary N) is 1. The molecule has 0 aliphatic carbocycles. The van der Waals surface area contributed by atoms with Gasteiger partial charge < -0.3 is 5.73 Å². The largest absolute Gasteiger partial charge is 0.398 e. The minimum Gasteiger partial charge on any atom is -0.398 e. The van der Waals surface area contributed by atoms with E-state index >= 15 is 0 Å². The fraction of sp³-hybridized carbons (Fsp3) is 0.200. The highest BCUT2D eigenvalue weighted by Gasteiger charge is 2.15. The zero-order valence-corrected chi connectivity index (χ0v) is 12.5. The van der Waals surface area contributed by atoms with Gasteiger partial charge in [-0.25, -0.2) is 0 Å². The van der Waals surface area contributed by atoms with Crippen molar-refractivity contribution in [3.05, 3.63) is 63.1 Å². The average molecular weight is 325 g/mol. The fourth-order valence-corrected chi connectivity index (χ4v) is 2.68. The van der Waals surface area contributed by atoms with Crippen LogP contribution in [-0.2, 0) is 0 Å². The van der Waals surface area contributed by atoms with E-state index in [9.17, 15) is 0 Å². The van der Waals surface area contributed by atoms with E-state index in [2.05, 4.69) is 41.1 Å². The third-order valence-electron chi connectivity index (χ3n) is 3.10. The van der Waals surface area contributed by atoms with Crippen molar-refractivity contribution in [1.82, 2.24) is 0 Å². The zero-order valence-electron chi connectivity index (χ0n) is 10.2. The highest BCUT2D eigenvalue weighted by molar-refractivity contribution is 9.10. The lowest BCUT2D eigenvalue weighted by molar-refractivity contribution is 0.779. The first-order chi connectivity index (χ1) is 8.61. The lowest BCUT2D eigenvalue weighted by Gasteiger charge is -2.18. The highest BCUT2D eigenvalue weighted by Crippen LogP contribution is 2.33. The van der Waals surface area contributed by atoms with E-state index < -0.39 is 0 Å². The predicted molar refractivity (Wildman–Crippen MR) is 82.1 cm³/mol. The topological polar surface area (TPSA) is 26.0 Å². The van der Waals surface area contributed by atoms with Crippen LogP contribution in [0.4, 0.5) is 5.69 Å². The van der Waals surface area contributed by atoms with Crippen molar-refractivity contribution >= 4 is 33.2 Å². The molecule has 0 saturated heterocycles. The molecule has 2 rings (SSSR count). The van der Waals surface area contributed by atoms with E-state index in [0.29, 0.717) is 5.92 Å². The average Bonchev–Trinajstić information content (AvgIpc) is 2.37. The molecule has 1 unspecified atom stereocenters. The lowest BCUT2D eigenvalue weighted by atomic mass is 9.88. The summed E-state index contributed by atoms with van der Waals surface area (Å²) in [5.41, 5.74) is 9.32. The summed E-state index contributed by atoms with van der Waals surface area (Å²) in [5, 5.41) is 0.760. The summed E-state index contributed by atoms with van der Waals surface area (Å²) < 4.78 is 1.05. The first-order valence-electron chi connectivity index (χ1n) is 5.92. The molecule has 0 spiro atoms. The van der Waals surface area contributed by atoms with Gasteiger partial charge in [0.15, 0.2) is 0 Å². The van der Waals surface area contributed by atoms with Gasteiger partial charge in [0.05, 0.1) is 0 Å². The number of hydrogen-bond donors (Lipinski definition) is 1. The van der Waals surface area contributed by atoms with Crippen LogP contribution in [0.2, 0.25) is 5.02 Å². The van der Waals surface area contributed by atoms with Crippen LogP contribution in [0.15, 0.2) is 46.9 Å². The van der Waals surface area contributed by atoms with Gasteiger partial charge in [0.1, 0.15) is 0 Å². The molecule has 94 valence electrons. The van der Waals surface area contributed by atoms with Gasteiger partial charge in [-0.15, -0.1) is 0 Å². The van der Waals surface area contributed by atoms with E-state index in [-0.39, 0.29) is 0 Å². The zero-order chi connectivity index (χ0) is 13.1. The van der Waals surface area contributed by atoms with E-state index in [0.717, 1.165) is 27.2 Å². The Hall–Kier alpha value is -0.990. The summed E-state index contributed by atoms with van der Waals surface area (Å²) in [6.45, 7) is 2.17. The summed E-state index contributed by atoms with van der Waals surface area (Å²) in [7, 11) is 0. The molecule has 1 atom stereocenters. The first kappa shape index (κ1) is 13.4. The van der Waals surface area contributed by atoms with Crippen LogP contribution in [0.1, 0.15) is 30.4 Å². The molecule has 0 heterocycles. The highest BCUT2D eigenvalue weighted by atomic mass is 79.9. The first-order valence-corrected chi connectivity index (χ1v) is 7.09. The Morgan fingerprint density at radius 2 is 1.83 bits per heavy atom. The van der Waals surface area contributed by atoms with Gasteiger partial charge in [-0.3, -0.25) is 0 Å². The standard InChI is InChI=1S/C15H15BrClN/c1-2-13(10-3-6-12(17)7-4-10)14-9-11(16)5-8-15(14)18/h3-9,13H,2,18H2,1H3. The third kappa shape index (κ3) is 2.88. The smallest absolute Gasteiger partial charge is 0.0406 e. The van der Waals surface area contributed by atoms with Gasteiger partial charge in [0.2, 0.25) is 0 Å². The third-order valence-corrected chi connectivity index (χ3v) is 3.85. The molecule has 0 bridgehead atoms. The van der Waals surface area contributed by atoms with Crippen molar-refractivity contribution in [2.75, 3.05) is 5.73 Å². The minimum absolute atomic E-state index is 0.305. The normalized spacial score (nSPS) is 12.4. The summed E-state index contributed by atoms with van der Waals surface area (Å²) in [6, 6.07) is 14.0. The minimum atomic E-state index is 0.305. The lowest BCUT2D eigenvalue weighted by Crippen LogP contribution is -2.03. The number of nitrogen functional groups attached to an aromatic ring is 1. The van der Waals surface area contributed by atoms with Gasteiger partial charge in [0.25, 0.3) is 0 Å². The number of hydrogen-bond acceptors (Lipinski definition) is 1. The number of rotatable bonds is 3. The number of anilines is 1. The fourth-order valence-electron chi connectivity index (χ4n) is 2.18. The van der Waals surface area contributed by atoms with Crippen LogP contribution in [0.3, 0.4) is 0 Å². The Kier molecular flexibility index (Phi) is 4.31. The SMILES string of the molecule is CCC(c1ccc(Cl)cc1)c1cc(Br)ccc1N. The van der Waals surface area contributed by atoms with Gasteiger partial charge in [-0.1, -0.05) is 46.6 Å². The van der Waals surface area contributed by atoms with Gasteiger partial charge in [0, 0.05) is 21.1 Å². The quantitative estimate of drug-likeness (QED) is 0.769. The molecule has 0 saturated carbocycles. The molecule has 3 heteroatoms. The molecule has 0 aliphatic heterocycles. The van der Waals surface area contributed by atoms with E-state index in [4.69, 9.17) is 17.3 Å². The molecule has 2 aromatic rings.